The van der Waals surface area contributed by atoms with E-state index in [0.29, 0.717) is 17.0 Å². The van der Waals surface area contributed by atoms with Gasteiger partial charge in [-0.15, -0.1) is 0 Å². The molecule has 0 aliphatic heterocycles. The number of primary amides is 1. The molecule has 0 aliphatic rings. The number of hydrogen-bond acceptors (Lipinski definition) is 3. The van der Waals surface area contributed by atoms with Gasteiger partial charge in [0.15, 0.2) is 6.61 Å². The SMILES string of the molecule is NC(=O)COc1ccccc1C(=O)Nc1cccc2ccccc12. The van der Waals surface area contributed by atoms with Crippen LogP contribution in [0.1, 0.15) is 10.4 Å². The topological polar surface area (TPSA) is 81.4 Å². The molecule has 3 aromatic carbocycles. The van der Waals surface area contributed by atoms with Crippen LogP contribution >= 0.6 is 0 Å². The summed E-state index contributed by atoms with van der Waals surface area (Å²) in [5, 5.41) is 4.88. The molecule has 0 aliphatic carbocycles. The number of anilines is 1. The van der Waals surface area contributed by atoms with Gasteiger partial charge in [-0.25, -0.2) is 0 Å². The third-order valence-corrected chi connectivity index (χ3v) is 3.54. The summed E-state index contributed by atoms with van der Waals surface area (Å²) in [6.45, 7) is -0.279. The molecule has 5 heteroatoms. The average Bonchev–Trinajstić information content (AvgIpc) is 2.60. The first-order valence-corrected chi connectivity index (χ1v) is 7.44. The van der Waals surface area contributed by atoms with Gasteiger partial charge in [0.05, 0.1) is 5.56 Å². The zero-order chi connectivity index (χ0) is 16.9. The molecule has 0 spiro atoms. The van der Waals surface area contributed by atoms with Crippen molar-refractivity contribution < 1.29 is 14.3 Å². The molecule has 0 atom stereocenters. The van der Waals surface area contributed by atoms with E-state index in [-0.39, 0.29) is 12.5 Å². The van der Waals surface area contributed by atoms with E-state index in [1.807, 2.05) is 42.5 Å². The first-order valence-electron chi connectivity index (χ1n) is 7.44. The second kappa shape index (κ2) is 6.83. The predicted octanol–water partition coefficient (Wildman–Crippen LogP) is 2.96. The number of carbonyl (C=O) groups excluding carboxylic acids is 2. The van der Waals surface area contributed by atoms with Gasteiger partial charge in [0, 0.05) is 11.1 Å². The predicted molar refractivity (Wildman–Crippen MR) is 93.0 cm³/mol. The van der Waals surface area contributed by atoms with Crippen LogP contribution in [0.4, 0.5) is 5.69 Å². The van der Waals surface area contributed by atoms with Gasteiger partial charge in [-0.2, -0.15) is 0 Å². The lowest BCUT2D eigenvalue weighted by molar-refractivity contribution is -0.119. The lowest BCUT2D eigenvalue weighted by Crippen LogP contribution is -2.21. The number of ether oxygens (including phenoxy) is 1. The lowest BCUT2D eigenvalue weighted by Gasteiger charge is -2.12. The van der Waals surface area contributed by atoms with Crippen LogP contribution in [-0.2, 0) is 4.79 Å². The van der Waals surface area contributed by atoms with Gasteiger partial charge in [0.2, 0.25) is 0 Å². The van der Waals surface area contributed by atoms with Crippen molar-refractivity contribution in [1.29, 1.82) is 0 Å². The number of fused-ring (bicyclic) bond motifs is 1. The third-order valence-electron chi connectivity index (χ3n) is 3.54. The Morgan fingerprint density at radius 2 is 1.62 bits per heavy atom. The summed E-state index contributed by atoms with van der Waals surface area (Å²) in [5.74, 6) is -0.597. The van der Waals surface area contributed by atoms with E-state index in [1.165, 1.54) is 0 Å². The zero-order valence-corrected chi connectivity index (χ0v) is 12.9. The molecule has 5 nitrogen and oxygen atoms in total. The quantitative estimate of drug-likeness (QED) is 0.758. The molecule has 24 heavy (non-hydrogen) atoms. The minimum Gasteiger partial charge on any atom is -0.483 e. The lowest BCUT2D eigenvalue weighted by atomic mass is 10.1. The normalized spacial score (nSPS) is 10.3. The van der Waals surface area contributed by atoms with E-state index in [1.54, 1.807) is 24.3 Å². The van der Waals surface area contributed by atoms with E-state index in [0.717, 1.165) is 10.8 Å². The first kappa shape index (κ1) is 15.6. The summed E-state index contributed by atoms with van der Waals surface area (Å²) in [6.07, 6.45) is 0. The molecule has 2 amide bonds. The summed E-state index contributed by atoms with van der Waals surface area (Å²) in [4.78, 5) is 23.5. The van der Waals surface area contributed by atoms with Crippen molar-refractivity contribution in [2.75, 3.05) is 11.9 Å². The molecule has 0 saturated carbocycles. The van der Waals surface area contributed by atoms with Crippen LogP contribution < -0.4 is 15.8 Å². The molecule has 3 N–H and O–H groups in total. The maximum absolute atomic E-state index is 12.6. The van der Waals surface area contributed by atoms with Crippen LogP contribution in [0.15, 0.2) is 66.7 Å². The number of nitrogens with one attached hydrogen (secondary N) is 1. The summed E-state index contributed by atoms with van der Waals surface area (Å²) >= 11 is 0. The fraction of sp³-hybridized carbons (Fsp3) is 0.0526. The highest BCUT2D eigenvalue weighted by molar-refractivity contribution is 6.10. The number of para-hydroxylation sites is 1. The Balaban J connectivity index is 1.88. The van der Waals surface area contributed by atoms with Crippen molar-refractivity contribution in [3.05, 3.63) is 72.3 Å². The summed E-state index contributed by atoms with van der Waals surface area (Å²) in [7, 11) is 0. The van der Waals surface area contributed by atoms with Crippen molar-refractivity contribution >= 4 is 28.3 Å². The highest BCUT2D eigenvalue weighted by Crippen LogP contribution is 2.25. The van der Waals surface area contributed by atoms with Gasteiger partial charge >= 0.3 is 0 Å². The summed E-state index contributed by atoms with van der Waals surface area (Å²) in [5.41, 5.74) is 6.14. The second-order valence-corrected chi connectivity index (χ2v) is 5.23. The van der Waals surface area contributed by atoms with Crippen molar-refractivity contribution in [3.63, 3.8) is 0 Å². The monoisotopic (exact) mass is 320 g/mol. The van der Waals surface area contributed by atoms with E-state index in [4.69, 9.17) is 10.5 Å². The number of hydrogen-bond donors (Lipinski definition) is 2. The highest BCUT2D eigenvalue weighted by atomic mass is 16.5. The molecule has 3 rings (SSSR count). The maximum atomic E-state index is 12.6. The van der Waals surface area contributed by atoms with E-state index >= 15 is 0 Å². The Morgan fingerprint density at radius 1 is 0.917 bits per heavy atom. The van der Waals surface area contributed by atoms with Gasteiger partial charge in [0.25, 0.3) is 11.8 Å². The molecule has 120 valence electrons. The first-order chi connectivity index (χ1) is 11.6. The van der Waals surface area contributed by atoms with Gasteiger partial charge < -0.3 is 15.8 Å². The van der Waals surface area contributed by atoms with Crippen LogP contribution in [0.2, 0.25) is 0 Å². The Morgan fingerprint density at radius 3 is 2.46 bits per heavy atom. The van der Waals surface area contributed by atoms with Gasteiger partial charge in [-0.3, -0.25) is 9.59 Å². The molecule has 0 bridgehead atoms. The molecule has 0 saturated heterocycles. The van der Waals surface area contributed by atoms with Crippen LogP contribution in [0, 0.1) is 0 Å². The molecule has 0 radical (unpaired) electrons. The van der Waals surface area contributed by atoms with Crippen LogP contribution in [0.3, 0.4) is 0 Å². The Hall–Kier alpha value is -3.34. The van der Waals surface area contributed by atoms with Crippen molar-refractivity contribution in [1.82, 2.24) is 0 Å². The minimum atomic E-state index is -0.598. The summed E-state index contributed by atoms with van der Waals surface area (Å²) < 4.78 is 5.31. The fourth-order valence-corrected chi connectivity index (χ4v) is 2.45. The van der Waals surface area contributed by atoms with E-state index in [9.17, 15) is 9.59 Å². The third kappa shape index (κ3) is 3.35. The van der Waals surface area contributed by atoms with Crippen LogP contribution in [0.25, 0.3) is 10.8 Å². The average molecular weight is 320 g/mol. The number of benzene rings is 3. The Labute approximate surface area is 139 Å². The molecule has 3 aromatic rings. The molecule has 0 aromatic heterocycles. The molecule has 0 fully saturated rings. The van der Waals surface area contributed by atoms with Crippen molar-refractivity contribution in [3.8, 4) is 5.75 Å². The zero-order valence-electron chi connectivity index (χ0n) is 12.9. The molecule has 0 unspecified atom stereocenters. The number of amides is 2. The molecular formula is C19H16N2O3. The van der Waals surface area contributed by atoms with Gasteiger partial charge in [0.1, 0.15) is 5.75 Å². The van der Waals surface area contributed by atoms with Crippen LogP contribution in [0.5, 0.6) is 5.75 Å². The summed E-state index contributed by atoms with van der Waals surface area (Å²) in [6, 6.07) is 20.2. The fourth-order valence-electron chi connectivity index (χ4n) is 2.45. The number of carbonyl (C=O) groups is 2. The molecular weight excluding hydrogens is 304 g/mol. The highest BCUT2D eigenvalue weighted by Gasteiger charge is 2.14. The number of nitrogens with two attached hydrogens (primary N) is 1. The van der Waals surface area contributed by atoms with Crippen LogP contribution in [-0.4, -0.2) is 18.4 Å². The Bertz CT molecular complexity index is 901. The van der Waals surface area contributed by atoms with Gasteiger partial charge in [-0.05, 0) is 23.6 Å². The van der Waals surface area contributed by atoms with Crippen molar-refractivity contribution in [2.45, 2.75) is 0 Å². The second-order valence-electron chi connectivity index (χ2n) is 5.23. The van der Waals surface area contributed by atoms with Crippen molar-refractivity contribution in [2.24, 2.45) is 5.73 Å². The smallest absolute Gasteiger partial charge is 0.259 e. The standard InChI is InChI=1S/C19H16N2O3/c20-18(22)12-24-17-11-4-3-9-15(17)19(23)21-16-10-5-7-13-6-1-2-8-14(13)16/h1-11H,12H2,(H2,20,22)(H,21,23). The minimum absolute atomic E-state index is 0.279. The van der Waals surface area contributed by atoms with E-state index in [2.05, 4.69) is 5.32 Å². The van der Waals surface area contributed by atoms with Gasteiger partial charge in [-0.1, -0.05) is 48.5 Å². The Kier molecular flexibility index (Phi) is 4.43. The maximum Gasteiger partial charge on any atom is 0.259 e. The van der Waals surface area contributed by atoms with E-state index < -0.39 is 5.91 Å². The molecule has 0 heterocycles. The largest absolute Gasteiger partial charge is 0.483 e. The number of rotatable bonds is 5.